The Labute approximate surface area is 163 Å². The Balaban J connectivity index is 1.25. The van der Waals surface area contributed by atoms with E-state index in [-0.39, 0.29) is 23.8 Å². The molecule has 0 spiro atoms. The van der Waals surface area contributed by atoms with Gasteiger partial charge in [0.1, 0.15) is 5.76 Å². The molecule has 4 aliphatic rings. The second-order valence-electron chi connectivity index (χ2n) is 8.83. The minimum atomic E-state index is -0.101. The average Bonchev–Trinajstić information content (AvgIpc) is 2.95. The molecule has 4 aliphatic carbocycles. The first-order valence-corrected chi connectivity index (χ1v) is 10.4. The molecule has 6 heteroatoms. The highest BCUT2D eigenvalue weighted by atomic mass is 79.9. The third-order valence-corrected chi connectivity index (χ3v) is 7.01. The van der Waals surface area contributed by atoms with E-state index in [9.17, 15) is 9.59 Å². The van der Waals surface area contributed by atoms with Crippen molar-refractivity contribution in [1.82, 2.24) is 10.2 Å². The van der Waals surface area contributed by atoms with Crippen LogP contribution >= 0.6 is 15.9 Å². The van der Waals surface area contributed by atoms with Crippen LogP contribution in [0.2, 0.25) is 0 Å². The summed E-state index contributed by atoms with van der Waals surface area (Å²) >= 11 is 3.26. The molecule has 1 aromatic heterocycles. The van der Waals surface area contributed by atoms with Gasteiger partial charge in [0.2, 0.25) is 11.8 Å². The maximum absolute atomic E-state index is 12.5. The van der Waals surface area contributed by atoms with Crippen LogP contribution in [0.4, 0.5) is 0 Å². The molecule has 0 aliphatic heterocycles. The van der Waals surface area contributed by atoms with E-state index in [4.69, 9.17) is 4.42 Å². The summed E-state index contributed by atoms with van der Waals surface area (Å²) in [5.41, 5.74) is 0.216. The number of nitrogens with one attached hydrogen (secondary N) is 1. The molecule has 0 radical (unpaired) electrons. The Morgan fingerprint density at radius 2 is 1.81 bits per heavy atom. The molecule has 0 aromatic carbocycles. The van der Waals surface area contributed by atoms with Gasteiger partial charge in [-0.05, 0) is 89.8 Å². The summed E-state index contributed by atoms with van der Waals surface area (Å²) in [6.07, 6.45) is 8.39. The Morgan fingerprint density at radius 3 is 2.35 bits per heavy atom. The lowest BCUT2D eigenvalue weighted by Gasteiger charge is -2.56. The van der Waals surface area contributed by atoms with Crippen molar-refractivity contribution in [2.45, 2.75) is 51.5 Å². The first kappa shape index (κ1) is 18.1. The minimum absolute atomic E-state index is 0.0365. The van der Waals surface area contributed by atoms with Crippen LogP contribution in [0, 0.1) is 23.2 Å². The summed E-state index contributed by atoms with van der Waals surface area (Å²) in [7, 11) is 1.73. The van der Waals surface area contributed by atoms with Crippen molar-refractivity contribution in [3.8, 4) is 0 Å². The van der Waals surface area contributed by atoms with Crippen LogP contribution in [0.1, 0.15) is 50.7 Å². The van der Waals surface area contributed by atoms with E-state index >= 15 is 0 Å². The van der Waals surface area contributed by atoms with E-state index in [1.165, 1.54) is 38.5 Å². The lowest BCUT2D eigenvalue weighted by molar-refractivity contribution is -0.135. The minimum Gasteiger partial charge on any atom is -0.452 e. The Kier molecular flexibility index (Phi) is 4.88. The summed E-state index contributed by atoms with van der Waals surface area (Å²) in [6, 6.07) is 3.64. The van der Waals surface area contributed by atoms with E-state index in [0.717, 1.165) is 17.8 Å². The molecular formula is C20H27BrN2O3. The van der Waals surface area contributed by atoms with Gasteiger partial charge < -0.3 is 14.6 Å². The Hall–Kier alpha value is -1.30. The first-order valence-electron chi connectivity index (χ1n) is 9.66. The second kappa shape index (κ2) is 7.02. The van der Waals surface area contributed by atoms with Crippen LogP contribution in [0.3, 0.4) is 0 Å². The smallest absolute Gasteiger partial charge is 0.242 e. The monoisotopic (exact) mass is 422 g/mol. The Morgan fingerprint density at radius 1 is 1.19 bits per heavy atom. The van der Waals surface area contributed by atoms with E-state index in [0.29, 0.717) is 23.4 Å². The molecule has 1 heterocycles. The van der Waals surface area contributed by atoms with Gasteiger partial charge >= 0.3 is 0 Å². The quantitative estimate of drug-likeness (QED) is 0.759. The normalized spacial score (nSPS) is 31.8. The van der Waals surface area contributed by atoms with Crippen LogP contribution in [0.15, 0.2) is 21.2 Å². The summed E-state index contributed by atoms with van der Waals surface area (Å²) in [5.74, 6) is 3.18. The summed E-state index contributed by atoms with van der Waals surface area (Å²) in [5, 5.41) is 2.86. The predicted octanol–water partition coefficient (Wildman–Crippen LogP) is 3.72. The predicted molar refractivity (Wildman–Crippen MR) is 101 cm³/mol. The van der Waals surface area contributed by atoms with Crippen molar-refractivity contribution < 1.29 is 14.0 Å². The maximum atomic E-state index is 12.5. The maximum Gasteiger partial charge on any atom is 0.242 e. The van der Waals surface area contributed by atoms with Gasteiger partial charge in [0.25, 0.3) is 0 Å². The van der Waals surface area contributed by atoms with Crippen molar-refractivity contribution in [3.63, 3.8) is 0 Å². The molecule has 0 unspecified atom stereocenters. The van der Waals surface area contributed by atoms with E-state index in [1.54, 1.807) is 18.0 Å². The van der Waals surface area contributed by atoms with Crippen molar-refractivity contribution in [2.75, 3.05) is 13.6 Å². The zero-order valence-corrected chi connectivity index (χ0v) is 16.9. The van der Waals surface area contributed by atoms with Crippen LogP contribution in [-0.4, -0.2) is 30.3 Å². The van der Waals surface area contributed by atoms with Gasteiger partial charge in [-0.15, -0.1) is 0 Å². The molecule has 0 atom stereocenters. The molecule has 142 valence electrons. The molecule has 5 nitrogen and oxygen atoms in total. The van der Waals surface area contributed by atoms with Crippen LogP contribution in [0.25, 0.3) is 0 Å². The SMILES string of the molecule is CN(Cc1ccc(Br)o1)C(=O)CNC(=O)CC12CC3CC(CC(C3)C1)C2. The zero-order chi connectivity index (χ0) is 18.3. The number of carbonyl (C=O) groups excluding carboxylic acids is 2. The molecule has 4 fully saturated rings. The highest BCUT2D eigenvalue weighted by Crippen LogP contribution is 2.61. The number of rotatable bonds is 6. The van der Waals surface area contributed by atoms with Gasteiger partial charge in [-0.1, -0.05) is 0 Å². The fraction of sp³-hybridized carbons (Fsp3) is 0.700. The molecule has 1 N–H and O–H groups in total. The van der Waals surface area contributed by atoms with E-state index < -0.39 is 0 Å². The van der Waals surface area contributed by atoms with Crippen LogP contribution in [-0.2, 0) is 16.1 Å². The highest BCUT2D eigenvalue weighted by molar-refractivity contribution is 9.10. The van der Waals surface area contributed by atoms with E-state index in [1.807, 2.05) is 6.07 Å². The number of likely N-dealkylation sites (N-methyl/N-ethyl adjacent to an activating group) is 1. The van der Waals surface area contributed by atoms with Gasteiger partial charge in [-0.3, -0.25) is 9.59 Å². The first-order chi connectivity index (χ1) is 12.4. The number of nitrogens with zero attached hydrogens (tertiary/aromatic N) is 1. The number of hydrogen-bond acceptors (Lipinski definition) is 3. The van der Waals surface area contributed by atoms with Gasteiger partial charge in [-0.2, -0.15) is 0 Å². The Bertz CT molecular complexity index is 664. The number of halogens is 1. The number of amides is 2. The van der Waals surface area contributed by atoms with E-state index in [2.05, 4.69) is 21.2 Å². The molecule has 5 rings (SSSR count). The fourth-order valence-corrected chi connectivity index (χ4v) is 6.32. The molecule has 4 saturated carbocycles. The lowest BCUT2D eigenvalue weighted by atomic mass is 9.49. The van der Waals surface area contributed by atoms with Gasteiger partial charge in [0, 0.05) is 13.5 Å². The van der Waals surface area contributed by atoms with Crippen molar-refractivity contribution >= 4 is 27.7 Å². The van der Waals surface area contributed by atoms with Gasteiger partial charge in [-0.25, -0.2) is 0 Å². The lowest BCUT2D eigenvalue weighted by Crippen LogP contribution is -2.48. The molecular weight excluding hydrogens is 396 g/mol. The topological polar surface area (TPSA) is 62.6 Å². The zero-order valence-electron chi connectivity index (χ0n) is 15.3. The summed E-state index contributed by atoms with van der Waals surface area (Å²) < 4.78 is 6.07. The third kappa shape index (κ3) is 3.85. The summed E-state index contributed by atoms with van der Waals surface area (Å²) in [6.45, 7) is 0.457. The molecule has 4 bridgehead atoms. The van der Waals surface area contributed by atoms with Crippen molar-refractivity contribution in [1.29, 1.82) is 0 Å². The number of furan rings is 1. The highest BCUT2D eigenvalue weighted by Gasteiger charge is 2.51. The molecule has 2 amide bonds. The molecule has 0 saturated heterocycles. The third-order valence-electron chi connectivity index (χ3n) is 6.59. The molecule has 26 heavy (non-hydrogen) atoms. The van der Waals surface area contributed by atoms with Crippen molar-refractivity contribution in [2.24, 2.45) is 23.2 Å². The average molecular weight is 423 g/mol. The van der Waals surface area contributed by atoms with Crippen molar-refractivity contribution in [3.05, 3.63) is 22.6 Å². The van der Waals surface area contributed by atoms with Crippen LogP contribution < -0.4 is 5.32 Å². The van der Waals surface area contributed by atoms with Crippen LogP contribution in [0.5, 0.6) is 0 Å². The fourth-order valence-electron chi connectivity index (χ4n) is 5.98. The standard InChI is InChI=1S/C20H27BrN2O3/c1-23(12-16-2-3-17(21)26-16)19(25)11-22-18(24)10-20-7-13-4-14(8-20)6-15(5-13)9-20/h2-3,13-15H,4-12H2,1H3,(H,22,24). The van der Waals surface area contributed by atoms with Gasteiger partial charge in [0.15, 0.2) is 4.67 Å². The van der Waals surface area contributed by atoms with Gasteiger partial charge in [0.05, 0.1) is 13.1 Å². The largest absolute Gasteiger partial charge is 0.452 e. The number of carbonyl (C=O) groups is 2. The summed E-state index contributed by atoms with van der Waals surface area (Å²) in [4.78, 5) is 26.4. The number of hydrogen-bond donors (Lipinski definition) is 1. The molecule has 1 aromatic rings. The second-order valence-corrected chi connectivity index (χ2v) is 9.61.